The van der Waals surface area contributed by atoms with Crippen molar-refractivity contribution in [3.63, 3.8) is 0 Å². The molecule has 2 atom stereocenters. The smallest absolute Gasteiger partial charge is 0.251 e. The molecule has 228 valence electrons. The molecule has 0 radical (unpaired) electrons. The maximum atomic E-state index is 15.8. The first-order valence-corrected chi connectivity index (χ1v) is 14.8. The molecule has 1 aliphatic heterocycles. The summed E-state index contributed by atoms with van der Waals surface area (Å²) in [5.41, 5.74) is 1.20. The van der Waals surface area contributed by atoms with E-state index in [4.69, 9.17) is 26.2 Å². The van der Waals surface area contributed by atoms with Gasteiger partial charge in [0.2, 0.25) is 0 Å². The molecule has 3 aromatic rings. The summed E-state index contributed by atoms with van der Waals surface area (Å²) in [6.45, 7) is 5.87. The van der Waals surface area contributed by atoms with E-state index in [0.29, 0.717) is 5.56 Å². The third kappa shape index (κ3) is 7.41. The van der Waals surface area contributed by atoms with Crippen molar-refractivity contribution in [3.05, 3.63) is 81.9 Å². The number of rotatable bonds is 11. The first kappa shape index (κ1) is 33.3. The molecule has 3 N–H and O–H groups in total. The summed E-state index contributed by atoms with van der Waals surface area (Å²) in [6, 6.07) is 14.0. The number of carbonyl (C=O) groups is 1. The van der Waals surface area contributed by atoms with Crippen molar-refractivity contribution >= 4 is 17.5 Å². The van der Waals surface area contributed by atoms with E-state index in [9.17, 15) is 9.18 Å². The Hall–Kier alpha value is -3.20. The van der Waals surface area contributed by atoms with Gasteiger partial charge >= 0.3 is 0 Å². The van der Waals surface area contributed by atoms with Crippen LogP contribution in [0.1, 0.15) is 80.0 Å². The lowest BCUT2D eigenvalue weighted by molar-refractivity contribution is 0.0963. The number of carbonyl (C=O) groups excluding carboxylic acids is 1. The van der Waals surface area contributed by atoms with Crippen molar-refractivity contribution in [3.8, 4) is 22.6 Å². The summed E-state index contributed by atoms with van der Waals surface area (Å²) < 4.78 is 42.1. The number of ether oxygens (including phenoxy) is 2. The van der Waals surface area contributed by atoms with Crippen LogP contribution in [0.15, 0.2) is 48.5 Å². The van der Waals surface area contributed by atoms with Gasteiger partial charge in [-0.3, -0.25) is 4.79 Å². The maximum Gasteiger partial charge on any atom is 0.251 e. The predicted octanol–water partition coefficient (Wildman–Crippen LogP) is 7.43. The summed E-state index contributed by atoms with van der Waals surface area (Å²) >= 11 is 6.41. The number of aliphatic hydroxyl groups excluding tert-OH is 1. The Morgan fingerprint density at radius 2 is 1.74 bits per heavy atom. The third-order valence-electron chi connectivity index (χ3n) is 7.37. The number of fused-ring (bicyclic) bond motifs is 1. The molecule has 0 spiro atoms. The zero-order valence-electron chi connectivity index (χ0n) is 24.9. The van der Waals surface area contributed by atoms with Gasteiger partial charge in [0.1, 0.15) is 24.3 Å². The van der Waals surface area contributed by atoms with Gasteiger partial charge in [-0.25, -0.2) is 8.78 Å². The second-order valence-electron chi connectivity index (χ2n) is 10.2. The highest BCUT2D eigenvalue weighted by atomic mass is 35.5. The lowest BCUT2D eigenvalue weighted by Gasteiger charge is -2.19. The molecular formula is C33H41ClF2N2O4. The van der Waals surface area contributed by atoms with Gasteiger partial charge in [0, 0.05) is 41.8 Å². The molecule has 6 nitrogen and oxygen atoms in total. The van der Waals surface area contributed by atoms with E-state index in [1.165, 1.54) is 50.9 Å². The number of benzene rings is 3. The minimum atomic E-state index is -0.880. The maximum absolute atomic E-state index is 15.8. The highest BCUT2D eigenvalue weighted by Crippen LogP contribution is 2.54. The molecule has 0 fully saturated rings. The molecule has 3 aromatic carbocycles. The van der Waals surface area contributed by atoms with Crippen LogP contribution in [0, 0.1) is 11.6 Å². The monoisotopic (exact) mass is 602 g/mol. The Bertz CT molecular complexity index is 1330. The largest absolute Gasteiger partial charge is 0.488 e. The first-order chi connectivity index (χ1) is 20.2. The topological polar surface area (TPSA) is 79.8 Å². The lowest BCUT2D eigenvalue weighted by Crippen LogP contribution is -2.24. The van der Waals surface area contributed by atoms with Gasteiger partial charge in [-0.15, -0.1) is 0 Å². The number of halogens is 3. The standard InChI is InChI=1S/C25H22ClF2NO4.C8H19N/c1-13-19-18(33-24(13)14-6-4-3-5-7-14)12-16(27)22(26)21(19)20-15(25(31)29-2)8-9-17(23(20)28)32-11-10-30;1-4-6-8(9-3)7-5-2/h3-9,12-13,24,30H,10-11H2,1-2H3,(H,29,31);8-9H,4-7H2,1-3H3/t13-,24?;/m0./s1. The van der Waals surface area contributed by atoms with E-state index in [2.05, 4.69) is 31.5 Å². The summed E-state index contributed by atoms with van der Waals surface area (Å²) in [5, 5.41) is 14.5. The molecule has 0 bridgehead atoms. The second-order valence-corrected chi connectivity index (χ2v) is 10.6. The van der Waals surface area contributed by atoms with Crippen LogP contribution in [0.2, 0.25) is 5.02 Å². The van der Waals surface area contributed by atoms with Crippen LogP contribution >= 0.6 is 11.6 Å². The van der Waals surface area contributed by atoms with E-state index in [-0.39, 0.29) is 52.3 Å². The van der Waals surface area contributed by atoms with Crippen LogP contribution in [0.5, 0.6) is 11.5 Å². The molecule has 0 aromatic heterocycles. The zero-order chi connectivity index (χ0) is 30.8. The van der Waals surface area contributed by atoms with E-state index in [0.717, 1.165) is 11.6 Å². The number of amides is 1. The van der Waals surface area contributed by atoms with Gasteiger partial charge in [0.05, 0.1) is 17.2 Å². The molecular weight excluding hydrogens is 562 g/mol. The van der Waals surface area contributed by atoms with Crippen LogP contribution in [-0.2, 0) is 0 Å². The average molecular weight is 603 g/mol. The fourth-order valence-corrected chi connectivity index (χ4v) is 5.57. The van der Waals surface area contributed by atoms with Crippen LogP contribution in [-0.4, -0.2) is 44.4 Å². The number of nitrogens with one attached hydrogen (secondary N) is 2. The van der Waals surface area contributed by atoms with E-state index in [1.54, 1.807) is 0 Å². The van der Waals surface area contributed by atoms with E-state index >= 15 is 4.39 Å². The quantitative estimate of drug-likeness (QED) is 0.213. The summed E-state index contributed by atoms with van der Waals surface area (Å²) in [7, 11) is 3.46. The van der Waals surface area contributed by atoms with Gasteiger partial charge in [-0.05, 0) is 37.6 Å². The Labute approximate surface area is 252 Å². The number of hydrogen-bond acceptors (Lipinski definition) is 5. The molecule has 1 heterocycles. The van der Waals surface area contributed by atoms with E-state index in [1.807, 2.05) is 37.3 Å². The van der Waals surface area contributed by atoms with Gasteiger partial charge in [0.25, 0.3) is 5.91 Å². The third-order valence-corrected chi connectivity index (χ3v) is 7.74. The highest BCUT2D eigenvalue weighted by molar-refractivity contribution is 6.34. The van der Waals surface area contributed by atoms with Crippen molar-refractivity contribution in [2.24, 2.45) is 0 Å². The summed E-state index contributed by atoms with van der Waals surface area (Å²) in [4.78, 5) is 12.6. The second kappa shape index (κ2) is 15.9. The molecule has 1 aliphatic rings. The van der Waals surface area contributed by atoms with Crippen molar-refractivity contribution in [2.75, 3.05) is 27.3 Å². The van der Waals surface area contributed by atoms with Crippen molar-refractivity contribution in [1.82, 2.24) is 10.6 Å². The van der Waals surface area contributed by atoms with Crippen LogP contribution in [0.4, 0.5) is 8.78 Å². The zero-order valence-corrected chi connectivity index (χ0v) is 25.7. The predicted molar refractivity (Wildman–Crippen MR) is 164 cm³/mol. The van der Waals surface area contributed by atoms with Crippen molar-refractivity contribution in [1.29, 1.82) is 0 Å². The summed E-state index contributed by atoms with van der Waals surface area (Å²) in [6.07, 6.45) is 4.80. The molecule has 42 heavy (non-hydrogen) atoms. The minimum absolute atomic E-state index is 0.0311. The van der Waals surface area contributed by atoms with Crippen LogP contribution in [0.25, 0.3) is 11.1 Å². The summed E-state index contributed by atoms with van der Waals surface area (Å²) in [5.74, 6) is -2.53. The van der Waals surface area contributed by atoms with E-state index < -0.39 is 23.6 Å². The number of hydrogen-bond donors (Lipinski definition) is 3. The average Bonchev–Trinajstić information content (AvgIpc) is 3.32. The first-order valence-electron chi connectivity index (χ1n) is 14.4. The van der Waals surface area contributed by atoms with Gasteiger partial charge in [-0.1, -0.05) is 75.5 Å². The minimum Gasteiger partial charge on any atom is -0.488 e. The van der Waals surface area contributed by atoms with Crippen LogP contribution in [0.3, 0.4) is 0 Å². The Kier molecular flexibility index (Phi) is 12.6. The van der Waals surface area contributed by atoms with Gasteiger partial charge in [0.15, 0.2) is 11.6 Å². The van der Waals surface area contributed by atoms with Crippen LogP contribution < -0.4 is 20.1 Å². The normalized spacial score (nSPS) is 15.5. The van der Waals surface area contributed by atoms with Crippen molar-refractivity contribution < 1.29 is 28.2 Å². The molecule has 1 unspecified atom stereocenters. The molecule has 9 heteroatoms. The number of aliphatic hydroxyl groups is 1. The SMILES string of the molecule is CCCC(CCC)NC.CNC(=O)c1ccc(OCCO)c(F)c1-c1c(Cl)c(F)cc2c1[C@H](C)C(c1ccccc1)O2. The molecule has 4 rings (SSSR count). The molecule has 0 saturated heterocycles. The van der Waals surface area contributed by atoms with Crippen molar-refractivity contribution in [2.45, 2.75) is 64.5 Å². The Balaban J connectivity index is 0.000000467. The Morgan fingerprint density at radius 1 is 1.07 bits per heavy atom. The van der Waals surface area contributed by atoms with Gasteiger partial charge in [-0.2, -0.15) is 0 Å². The highest BCUT2D eigenvalue weighted by Gasteiger charge is 2.38. The molecule has 0 saturated carbocycles. The molecule has 1 amide bonds. The molecule has 0 aliphatic carbocycles. The Morgan fingerprint density at radius 3 is 2.31 bits per heavy atom. The lowest BCUT2D eigenvalue weighted by atomic mass is 9.85. The van der Waals surface area contributed by atoms with Gasteiger partial charge < -0.3 is 25.2 Å². The fourth-order valence-electron chi connectivity index (χ4n) is 5.32. The fraction of sp³-hybridized carbons (Fsp3) is 0.424.